The zero-order valence-corrected chi connectivity index (χ0v) is 13.1. The highest BCUT2D eigenvalue weighted by molar-refractivity contribution is 14.1. The normalized spacial score (nSPS) is 10.3. The Hall–Kier alpha value is -1.27. The molecule has 3 N–H and O–H groups in total. The van der Waals surface area contributed by atoms with Crippen molar-refractivity contribution < 1.29 is 4.79 Å². The fourth-order valence-corrected chi connectivity index (χ4v) is 2.43. The quantitative estimate of drug-likeness (QED) is 0.603. The van der Waals surface area contributed by atoms with E-state index in [1.165, 1.54) is 0 Å². The van der Waals surface area contributed by atoms with Crippen LogP contribution in [-0.4, -0.2) is 5.91 Å². The SMILES string of the molecule is Cc1cccc(C(=O)Nc2cc(Cl)ccc2N)c1I. The van der Waals surface area contributed by atoms with Crippen LogP contribution in [0.25, 0.3) is 0 Å². The van der Waals surface area contributed by atoms with Gasteiger partial charge in [-0.05, 0) is 59.3 Å². The molecule has 2 rings (SSSR count). The van der Waals surface area contributed by atoms with E-state index in [-0.39, 0.29) is 5.91 Å². The molecule has 0 bridgehead atoms. The van der Waals surface area contributed by atoms with Crippen LogP contribution in [0.4, 0.5) is 11.4 Å². The van der Waals surface area contributed by atoms with Crippen molar-refractivity contribution in [3.8, 4) is 0 Å². The predicted octanol–water partition coefficient (Wildman–Crippen LogP) is 4.09. The van der Waals surface area contributed by atoms with Gasteiger partial charge in [0.1, 0.15) is 0 Å². The molecular weight excluding hydrogens is 375 g/mol. The minimum absolute atomic E-state index is 0.193. The van der Waals surface area contributed by atoms with Gasteiger partial charge in [-0.1, -0.05) is 23.7 Å². The van der Waals surface area contributed by atoms with Crippen LogP contribution in [0.1, 0.15) is 15.9 Å². The first kappa shape index (κ1) is 14.1. The van der Waals surface area contributed by atoms with E-state index in [1.807, 2.05) is 19.1 Å². The number of carbonyl (C=O) groups is 1. The van der Waals surface area contributed by atoms with Gasteiger partial charge < -0.3 is 11.1 Å². The summed E-state index contributed by atoms with van der Waals surface area (Å²) in [4.78, 5) is 12.2. The molecule has 1 amide bonds. The van der Waals surface area contributed by atoms with Gasteiger partial charge in [0.05, 0.1) is 16.9 Å². The summed E-state index contributed by atoms with van der Waals surface area (Å²) in [5, 5.41) is 3.31. The predicted molar refractivity (Wildman–Crippen MR) is 87.7 cm³/mol. The summed E-state index contributed by atoms with van der Waals surface area (Å²) >= 11 is 8.05. The van der Waals surface area contributed by atoms with Crippen molar-refractivity contribution in [2.24, 2.45) is 0 Å². The Kier molecular flexibility index (Phi) is 4.31. The number of carbonyl (C=O) groups excluding carboxylic acids is 1. The molecule has 0 heterocycles. The number of nitrogen functional groups attached to an aromatic ring is 1. The second-order valence-corrected chi connectivity index (χ2v) is 5.64. The number of benzene rings is 2. The van der Waals surface area contributed by atoms with Gasteiger partial charge in [-0.3, -0.25) is 4.79 Å². The van der Waals surface area contributed by atoms with Crippen molar-refractivity contribution in [1.29, 1.82) is 0 Å². The van der Waals surface area contributed by atoms with Crippen LogP contribution in [0, 0.1) is 10.5 Å². The maximum Gasteiger partial charge on any atom is 0.256 e. The molecule has 0 saturated carbocycles. The lowest BCUT2D eigenvalue weighted by atomic mass is 10.1. The topological polar surface area (TPSA) is 55.1 Å². The summed E-state index contributed by atoms with van der Waals surface area (Å²) in [6.07, 6.45) is 0. The Bertz CT molecular complexity index is 643. The number of hydrogen-bond donors (Lipinski definition) is 2. The number of hydrogen-bond acceptors (Lipinski definition) is 2. The third kappa shape index (κ3) is 3.19. The van der Waals surface area contributed by atoms with Crippen LogP contribution < -0.4 is 11.1 Å². The van der Waals surface area contributed by atoms with Crippen molar-refractivity contribution in [2.75, 3.05) is 11.1 Å². The molecule has 3 nitrogen and oxygen atoms in total. The average Bonchev–Trinajstić information content (AvgIpc) is 2.37. The molecule has 0 fully saturated rings. The van der Waals surface area contributed by atoms with Gasteiger partial charge in [0.15, 0.2) is 0 Å². The number of nitrogens with two attached hydrogens (primary N) is 1. The minimum atomic E-state index is -0.193. The van der Waals surface area contributed by atoms with Crippen molar-refractivity contribution in [3.63, 3.8) is 0 Å². The molecular formula is C14H12ClIN2O. The van der Waals surface area contributed by atoms with Crippen molar-refractivity contribution >= 4 is 51.5 Å². The molecule has 2 aromatic carbocycles. The van der Waals surface area contributed by atoms with Gasteiger partial charge in [0.2, 0.25) is 0 Å². The van der Waals surface area contributed by atoms with Gasteiger partial charge in [0.25, 0.3) is 5.91 Å². The number of aryl methyl sites for hydroxylation is 1. The summed E-state index contributed by atoms with van der Waals surface area (Å²) in [7, 11) is 0. The Balaban J connectivity index is 2.31. The molecule has 0 unspecified atom stereocenters. The number of amides is 1. The van der Waals surface area contributed by atoms with E-state index in [2.05, 4.69) is 27.9 Å². The monoisotopic (exact) mass is 386 g/mol. The zero-order valence-electron chi connectivity index (χ0n) is 10.2. The van der Waals surface area contributed by atoms with E-state index in [4.69, 9.17) is 17.3 Å². The fraction of sp³-hybridized carbons (Fsp3) is 0.0714. The smallest absolute Gasteiger partial charge is 0.256 e. The summed E-state index contributed by atoms with van der Waals surface area (Å²) in [6, 6.07) is 10.6. The van der Waals surface area contributed by atoms with E-state index >= 15 is 0 Å². The highest BCUT2D eigenvalue weighted by Crippen LogP contribution is 2.24. The maximum atomic E-state index is 12.2. The van der Waals surface area contributed by atoms with Crippen LogP contribution >= 0.6 is 34.2 Å². The van der Waals surface area contributed by atoms with E-state index in [9.17, 15) is 4.79 Å². The van der Waals surface area contributed by atoms with Gasteiger partial charge >= 0.3 is 0 Å². The van der Waals surface area contributed by atoms with E-state index < -0.39 is 0 Å². The van der Waals surface area contributed by atoms with E-state index in [0.717, 1.165) is 9.13 Å². The first-order valence-electron chi connectivity index (χ1n) is 5.60. The molecule has 0 aliphatic carbocycles. The number of anilines is 2. The largest absolute Gasteiger partial charge is 0.397 e. The summed E-state index contributed by atoms with van der Waals surface area (Å²) in [6.45, 7) is 1.96. The van der Waals surface area contributed by atoms with Crippen LogP contribution in [0.3, 0.4) is 0 Å². The fourth-order valence-electron chi connectivity index (χ4n) is 1.65. The lowest BCUT2D eigenvalue weighted by Gasteiger charge is -2.10. The Labute approximate surface area is 130 Å². The van der Waals surface area contributed by atoms with Gasteiger partial charge in [-0.15, -0.1) is 0 Å². The Morgan fingerprint density at radius 2 is 2.05 bits per heavy atom. The third-order valence-corrected chi connectivity index (χ3v) is 4.37. The second kappa shape index (κ2) is 5.79. The molecule has 0 radical (unpaired) electrons. The van der Waals surface area contributed by atoms with Crippen LogP contribution in [0.15, 0.2) is 36.4 Å². The molecule has 5 heteroatoms. The van der Waals surface area contributed by atoms with E-state index in [0.29, 0.717) is 22.0 Å². The first-order chi connectivity index (χ1) is 8.99. The Morgan fingerprint density at radius 1 is 1.32 bits per heavy atom. The van der Waals surface area contributed by atoms with Crippen LogP contribution in [0.2, 0.25) is 5.02 Å². The maximum absolute atomic E-state index is 12.2. The number of rotatable bonds is 2. The first-order valence-corrected chi connectivity index (χ1v) is 7.06. The molecule has 0 aromatic heterocycles. The molecule has 0 saturated heterocycles. The molecule has 0 atom stereocenters. The molecule has 2 aromatic rings. The Morgan fingerprint density at radius 3 is 2.79 bits per heavy atom. The highest BCUT2D eigenvalue weighted by atomic mass is 127. The van der Waals surface area contributed by atoms with E-state index in [1.54, 1.807) is 24.3 Å². The standard InChI is InChI=1S/C14H12ClIN2O/c1-8-3-2-4-10(13(8)16)14(19)18-12-7-9(15)5-6-11(12)17/h2-7H,17H2,1H3,(H,18,19). The molecule has 0 aliphatic rings. The van der Waals surface area contributed by atoms with Crippen molar-refractivity contribution in [2.45, 2.75) is 6.92 Å². The van der Waals surface area contributed by atoms with Gasteiger partial charge in [-0.25, -0.2) is 0 Å². The van der Waals surface area contributed by atoms with Crippen molar-refractivity contribution in [3.05, 3.63) is 56.1 Å². The summed E-state index contributed by atoms with van der Waals surface area (Å²) in [5.74, 6) is -0.193. The lowest BCUT2D eigenvalue weighted by molar-refractivity contribution is 0.102. The molecule has 98 valence electrons. The molecule has 19 heavy (non-hydrogen) atoms. The molecule has 0 spiro atoms. The van der Waals surface area contributed by atoms with Crippen LogP contribution in [-0.2, 0) is 0 Å². The number of nitrogens with one attached hydrogen (secondary N) is 1. The van der Waals surface area contributed by atoms with Crippen molar-refractivity contribution in [1.82, 2.24) is 0 Å². The number of halogens is 2. The zero-order chi connectivity index (χ0) is 14.0. The van der Waals surface area contributed by atoms with Gasteiger partial charge in [-0.2, -0.15) is 0 Å². The highest BCUT2D eigenvalue weighted by Gasteiger charge is 2.12. The third-order valence-electron chi connectivity index (χ3n) is 2.70. The summed E-state index contributed by atoms with van der Waals surface area (Å²) in [5.41, 5.74) is 8.51. The minimum Gasteiger partial charge on any atom is -0.397 e. The molecule has 0 aliphatic heterocycles. The lowest BCUT2D eigenvalue weighted by Crippen LogP contribution is -2.15. The second-order valence-electron chi connectivity index (χ2n) is 4.12. The average molecular weight is 387 g/mol. The summed E-state index contributed by atoms with van der Waals surface area (Å²) < 4.78 is 0.929. The van der Waals surface area contributed by atoms with Gasteiger partial charge in [0, 0.05) is 8.59 Å². The van der Waals surface area contributed by atoms with Crippen LogP contribution in [0.5, 0.6) is 0 Å².